The van der Waals surface area contributed by atoms with E-state index in [9.17, 15) is 23.4 Å². The highest BCUT2D eigenvalue weighted by Crippen LogP contribution is 2.37. The summed E-state index contributed by atoms with van der Waals surface area (Å²) in [5.74, 6) is -0.382. The second-order valence-electron chi connectivity index (χ2n) is 11.0. The molecule has 2 aromatic carbocycles. The Bertz CT molecular complexity index is 2100. The first-order valence-corrected chi connectivity index (χ1v) is 16.8. The number of thiophene rings is 1. The number of carboxylic acid groups (broad SMARTS) is 1. The normalized spacial score (nSPS) is 14.2. The molecule has 0 saturated carbocycles. The fourth-order valence-electron chi connectivity index (χ4n) is 5.54. The molecule has 0 spiro atoms. The summed E-state index contributed by atoms with van der Waals surface area (Å²) in [5.41, 5.74) is 9.88. The molecule has 45 heavy (non-hydrogen) atoms. The predicted octanol–water partition coefficient (Wildman–Crippen LogP) is 5.57. The standard InChI is InChI=1S/C33H33N5O5S2/c1-3-6-22-18-28(36-32-29(22)30(34)31(44-32)33(40)41)37-15-13-23(14-16-37)35-19-27(39)26-17-21-7-4-5-8-25(21)38(26)45(42,43)24-11-9-20(2)10-12-24/h4-5,7-15,17-18,27,35,39H,3,6,16,19,34H2,1-2H3,(H,40,41). The number of pyridine rings is 1. The van der Waals surface area contributed by atoms with Crippen LogP contribution in [0.15, 0.2) is 89.6 Å². The highest BCUT2D eigenvalue weighted by atomic mass is 32.2. The van der Waals surface area contributed by atoms with Crippen molar-refractivity contribution in [1.29, 1.82) is 0 Å². The highest BCUT2D eigenvalue weighted by molar-refractivity contribution is 7.90. The summed E-state index contributed by atoms with van der Waals surface area (Å²) < 4.78 is 28.8. The Morgan fingerprint density at radius 2 is 1.91 bits per heavy atom. The second-order valence-corrected chi connectivity index (χ2v) is 13.7. The van der Waals surface area contributed by atoms with Crippen molar-refractivity contribution in [1.82, 2.24) is 14.3 Å². The average Bonchev–Trinajstić information content (AvgIpc) is 3.59. The first kappa shape index (κ1) is 30.4. The molecule has 10 nitrogen and oxygen atoms in total. The molecule has 232 valence electrons. The third kappa shape index (κ3) is 5.68. The van der Waals surface area contributed by atoms with Gasteiger partial charge in [0.05, 0.1) is 21.8 Å². The SMILES string of the molecule is CCCc1cc(N2C=CC(NCC(O)c3cc4ccccc4n3S(=O)(=O)c3ccc(C)cc3)=CC2)nc2sc(C(=O)O)c(N)c12. The van der Waals surface area contributed by atoms with Gasteiger partial charge in [0.2, 0.25) is 0 Å². The minimum absolute atomic E-state index is 0.0766. The van der Waals surface area contributed by atoms with Crippen LogP contribution in [0.1, 0.15) is 45.9 Å². The summed E-state index contributed by atoms with van der Waals surface area (Å²) in [6.45, 7) is 4.51. The van der Waals surface area contributed by atoms with Crippen molar-refractivity contribution >= 4 is 60.0 Å². The maximum atomic E-state index is 13.8. The van der Waals surface area contributed by atoms with Gasteiger partial charge in [0, 0.05) is 35.8 Å². The molecule has 0 saturated heterocycles. The number of aromatic carboxylic acids is 1. The number of nitrogens with zero attached hydrogens (tertiary/aromatic N) is 3. The molecule has 5 N–H and O–H groups in total. The number of carboxylic acids is 1. The molecule has 3 aromatic heterocycles. The Kier molecular flexibility index (Phi) is 8.12. The summed E-state index contributed by atoms with van der Waals surface area (Å²) in [4.78, 5) is 19.2. The van der Waals surface area contributed by atoms with Gasteiger partial charge < -0.3 is 26.2 Å². The number of aliphatic hydroxyl groups excluding tert-OH is 1. The zero-order valence-corrected chi connectivity index (χ0v) is 26.4. The number of hydrogen-bond acceptors (Lipinski definition) is 9. The molecular weight excluding hydrogens is 611 g/mol. The number of benzene rings is 2. The molecule has 0 bridgehead atoms. The van der Waals surface area contributed by atoms with Gasteiger partial charge in [0.1, 0.15) is 21.6 Å². The van der Waals surface area contributed by atoms with Crippen molar-refractivity contribution in [2.24, 2.45) is 0 Å². The van der Waals surface area contributed by atoms with Crippen LogP contribution in [-0.2, 0) is 16.4 Å². The zero-order chi connectivity index (χ0) is 31.9. The maximum absolute atomic E-state index is 13.8. The molecule has 6 rings (SSSR count). The number of nitrogens with one attached hydrogen (secondary N) is 1. The van der Waals surface area contributed by atoms with E-state index in [1.54, 1.807) is 42.5 Å². The van der Waals surface area contributed by atoms with Crippen molar-refractivity contribution < 1.29 is 23.4 Å². The van der Waals surface area contributed by atoms with Crippen LogP contribution < -0.4 is 16.0 Å². The number of para-hydroxylation sites is 1. The van der Waals surface area contributed by atoms with Crippen LogP contribution in [0.5, 0.6) is 0 Å². The summed E-state index contributed by atoms with van der Waals surface area (Å²) in [6, 6.07) is 17.5. The van der Waals surface area contributed by atoms with Gasteiger partial charge in [0.15, 0.2) is 0 Å². The lowest BCUT2D eigenvalue weighted by molar-refractivity contribution is 0.0703. The quantitative estimate of drug-likeness (QED) is 0.153. The third-order valence-corrected chi connectivity index (χ3v) is 10.7. The van der Waals surface area contributed by atoms with E-state index in [-0.39, 0.29) is 27.7 Å². The Labute approximate surface area is 264 Å². The molecule has 1 aliphatic heterocycles. The van der Waals surface area contributed by atoms with Crippen molar-refractivity contribution in [2.45, 2.75) is 37.7 Å². The van der Waals surface area contributed by atoms with E-state index < -0.39 is 22.1 Å². The van der Waals surface area contributed by atoms with Crippen LogP contribution in [0, 0.1) is 6.92 Å². The van der Waals surface area contributed by atoms with Gasteiger partial charge in [-0.3, -0.25) is 0 Å². The van der Waals surface area contributed by atoms with Crippen molar-refractivity contribution in [3.8, 4) is 0 Å². The minimum Gasteiger partial charge on any atom is -0.477 e. The van der Waals surface area contributed by atoms with Crippen molar-refractivity contribution in [3.05, 3.63) is 106 Å². The Hall–Kier alpha value is -4.65. The van der Waals surface area contributed by atoms with Crippen LogP contribution in [-0.4, -0.2) is 46.6 Å². The third-order valence-electron chi connectivity index (χ3n) is 7.81. The minimum atomic E-state index is -3.98. The fourth-order valence-corrected chi connectivity index (χ4v) is 8.08. The lowest BCUT2D eigenvalue weighted by Gasteiger charge is -2.24. The summed E-state index contributed by atoms with van der Waals surface area (Å²) in [5, 5.41) is 25.5. The summed E-state index contributed by atoms with van der Waals surface area (Å²) in [6.07, 6.45) is 6.15. The van der Waals surface area contributed by atoms with E-state index in [0.717, 1.165) is 41.0 Å². The molecule has 12 heteroatoms. The summed E-state index contributed by atoms with van der Waals surface area (Å²) >= 11 is 1.08. The summed E-state index contributed by atoms with van der Waals surface area (Å²) in [7, 11) is -3.98. The second kappa shape index (κ2) is 12.0. The van der Waals surface area contributed by atoms with Gasteiger partial charge in [-0.15, -0.1) is 11.3 Å². The van der Waals surface area contributed by atoms with Crippen LogP contribution in [0.3, 0.4) is 0 Å². The number of aryl methyl sites for hydroxylation is 2. The van der Waals surface area contributed by atoms with Gasteiger partial charge in [-0.1, -0.05) is 49.2 Å². The van der Waals surface area contributed by atoms with Gasteiger partial charge in [0.25, 0.3) is 10.0 Å². The lowest BCUT2D eigenvalue weighted by atomic mass is 10.1. The molecule has 0 aliphatic carbocycles. The molecule has 1 atom stereocenters. The van der Waals surface area contributed by atoms with Crippen molar-refractivity contribution in [3.63, 3.8) is 0 Å². The van der Waals surface area contributed by atoms with Crippen LogP contribution in [0.4, 0.5) is 11.5 Å². The number of fused-ring (bicyclic) bond motifs is 2. The highest BCUT2D eigenvalue weighted by Gasteiger charge is 2.27. The van der Waals surface area contributed by atoms with Crippen LogP contribution >= 0.6 is 11.3 Å². The number of nitrogen functional groups attached to an aromatic ring is 1. The van der Waals surface area contributed by atoms with E-state index in [1.165, 1.54) is 3.97 Å². The number of allylic oxidation sites excluding steroid dienone is 1. The number of anilines is 2. The molecule has 0 fully saturated rings. The molecule has 1 unspecified atom stereocenters. The van der Waals surface area contributed by atoms with Gasteiger partial charge in [-0.2, -0.15) is 0 Å². The Morgan fingerprint density at radius 1 is 1.16 bits per heavy atom. The number of aliphatic hydroxyl groups is 1. The molecule has 5 aromatic rings. The maximum Gasteiger partial charge on any atom is 0.348 e. The topological polar surface area (TPSA) is 151 Å². The van der Waals surface area contributed by atoms with E-state index >= 15 is 0 Å². The Morgan fingerprint density at radius 3 is 2.60 bits per heavy atom. The van der Waals surface area contributed by atoms with Gasteiger partial charge >= 0.3 is 5.97 Å². The van der Waals surface area contributed by atoms with E-state index in [1.807, 2.05) is 48.4 Å². The monoisotopic (exact) mass is 643 g/mol. The predicted molar refractivity (Wildman–Crippen MR) is 178 cm³/mol. The lowest BCUT2D eigenvalue weighted by Crippen LogP contribution is -2.27. The molecule has 0 radical (unpaired) electrons. The van der Waals surface area contributed by atoms with Crippen LogP contribution in [0.2, 0.25) is 0 Å². The number of nitrogens with two attached hydrogens (primary N) is 1. The van der Waals surface area contributed by atoms with Gasteiger partial charge in [-0.25, -0.2) is 22.2 Å². The molecule has 0 amide bonds. The molecule has 4 heterocycles. The van der Waals surface area contributed by atoms with E-state index in [0.29, 0.717) is 33.5 Å². The number of rotatable bonds is 10. The Balaban J connectivity index is 1.22. The molecular formula is C33H33N5O5S2. The van der Waals surface area contributed by atoms with Crippen molar-refractivity contribution in [2.75, 3.05) is 23.7 Å². The largest absolute Gasteiger partial charge is 0.477 e. The smallest absolute Gasteiger partial charge is 0.348 e. The average molecular weight is 644 g/mol. The number of carbonyl (C=O) groups is 1. The van der Waals surface area contributed by atoms with E-state index in [2.05, 4.69) is 12.2 Å². The van der Waals surface area contributed by atoms with Gasteiger partial charge in [-0.05, 0) is 61.4 Å². The fraction of sp³-hybridized carbons (Fsp3) is 0.212. The van der Waals surface area contributed by atoms with Crippen LogP contribution in [0.25, 0.3) is 21.1 Å². The zero-order valence-electron chi connectivity index (χ0n) is 24.8. The first-order valence-electron chi connectivity index (χ1n) is 14.5. The number of hydrogen-bond donors (Lipinski definition) is 4. The van der Waals surface area contributed by atoms with E-state index in [4.69, 9.17) is 10.7 Å². The first-order chi connectivity index (χ1) is 21.6. The number of aromatic nitrogens is 2. The molecule has 1 aliphatic rings.